The zero-order chi connectivity index (χ0) is 24.1. The van der Waals surface area contributed by atoms with E-state index in [1.54, 1.807) is 60.0 Å². The van der Waals surface area contributed by atoms with Crippen molar-refractivity contribution >= 4 is 73.6 Å². The summed E-state index contributed by atoms with van der Waals surface area (Å²) in [5.74, 6) is -0.247. The van der Waals surface area contributed by atoms with Crippen LogP contribution in [-0.2, 0) is 14.8 Å². The summed E-state index contributed by atoms with van der Waals surface area (Å²) in [5.41, 5.74) is 1.72. The van der Waals surface area contributed by atoms with Gasteiger partial charge in [-0.2, -0.15) is 0 Å². The Morgan fingerprint density at radius 1 is 0.912 bits per heavy atom. The molecule has 0 bridgehead atoms. The molecule has 0 fully saturated rings. The van der Waals surface area contributed by atoms with E-state index < -0.39 is 15.3 Å². The number of sulfonamides is 1. The molecule has 1 atom stereocenters. The van der Waals surface area contributed by atoms with E-state index in [4.69, 9.17) is 23.2 Å². The molecule has 4 aromatic rings. The zero-order valence-electron chi connectivity index (χ0n) is 17.4. The van der Waals surface area contributed by atoms with Crippen LogP contribution in [0.5, 0.6) is 0 Å². The smallest absolute Gasteiger partial charge is 0.271 e. The van der Waals surface area contributed by atoms with Crippen molar-refractivity contribution < 1.29 is 13.2 Å². The number of carbonyl (C=O) groups is 1. The molecule has 0 aliphatic carbocycles. The van der Waals surface area contributed by atoms with Gasteiger partial charge in [0.25, 0.3) is 10.0 Å². The Labute approximate surface area is 216 Å². The highest BCUT2D eigenvalue weighted by atomic mass is 35.5. The lowest BCUT2D eigenvalue weighted by atomic mass is 10.1. The van der Waals surface area contributed by atoms with Gasteiger partial charge in [0.1, 0.15) is 9.46 Å². The molecule has 0 spiro atoms. The lowest BCUT2D eigenvalue weighted by Gasteiger charge is -2.18. The maximum atomic E-state index is 13.2. The third kappa shape index (κ3) is 6.14. The summed E-state index contributed by atoms with van der Waals surface area (Å²) in [7, 11) is -3.63. The molecule has 0 aliphatic rings. The highest BCUT2D eigenvalue weighted by Crippen LogP contribution is 2.37. The van der Waals surface area contributed by atoms with Crippen LogP contribution < -0.4 is 10.0 Å². The molecule has 0 radical (unpaired) electrons. The molecule has 0 saturated carbocycles. The first-order valence-electron chi connectivity index (χ1n) is 9.96. The van der Waals surface area contributed by atoms with Gasteiger partial charge in [-0.25, -0.2) is 8.42 Å². The van der Waals surface area contributed by atoms with Crippen LogP contribution in [0.2, 0.25) is 10.0 Å². The van der Waals surface area contributed by atoms with Gasteiger partial charge in [0.15, 0.2) is 0 Å². The molecule has 5 nitrogen and oxygen atoms in total. The number of amides is 1. The van der Waals surface area contributed by atoms with Gasteiger partial charge in [-0.15, -0.1) is 23.1 Å². The molecule has 4 rings (SSSR count). The number of nitrogens with one attached hydrogen (secondary N) is 2. The molecule has 1 heterocycles. The first-order valence-corrected chi connectivity index (χ1v) is 14.0. The Bertz CT molecular complexity index is 1380. The molecule has 10 heteroatoms. The van der Waals surface area contributed by atoms with Crippen molar-refractivity contribution in [1.29, 1.82) is 0 Å². The maximum absolute atomic E-state index is 13.2. The van der Waals surface area contributed by atoms with Crippen molar-refractivity contribution in [2.75, 3.05) is 10.0 Å². The number of hydrogen-bond donors (Lipinski definition) is 2. The molecular weight excluding hydrogens is 531 g/mol. The first-order chi connectivity index (χ1) is 16.3. The van der Waals surface area contributed by atoms with Crippen molar-refractivity contribution in [3.63, 3.8) is 0 Å². The zero-order valence-corrected chi connectivity index (χ0v) is 21.4. The average Bonchev–Trinajstić information content (AvgIpc) is 3.37. The first kappa shape index (κ1) is 24.6. The summed E-state index contributed by atoms with van der Waals surface area (Å²) in [5, 5.41) is 4.84. The molecular formula is C24H18Cl2N2O3S3. The van der Waals surface area contributed by atoms with Crippen LogP contribution in [0.3, 0.4) is 0 Å². The standard InChI is InChI=1S/C24H18Cl2N2O3S3/c25-17-8-13-21(20(26)15-17)27-24(29)23(16-5-2-1-3-6-16)33-19-11-9-18(10-12-19)28-34(30,31)22-7-4-14-32-22/h1-15,23,28H,(H,27,29). The number of rotatable bonds is 8. The van der Waals surface area contributed by atoms with Crippen LogP contribution in [0, 0.1) is 0 Å². The fraction of sp³-hybridized carbons (Fsp3) is 0.0417. The maximum Gasteiger partial charge on any atom is 0.271 e. The van der Waals surface area contributed by atoms with E-state index in [0.717, 1.165) is 21.8 Å². The van der Waals surface area contributed by atoms with Crippen molar-refractivity contribution in [2.45, 2.75) is 14.4 Å². The molecule has 1 unspecified atom stereocenters. The van der Waals surface area contributed by atoms with E-state index in [1.807, 2.05) is 30.3 Å². The summed E-state index contributed by atoms with van der Waals surface area (Å²) in [6, 6.07) is 24.4. The Morgan fingerprint density at radius 2 is 1.65 bits per heavy atom. The van der Waals surface area contributed by atoms with E-state index in [-0.39, 0.29) is 10.1 Å². The second kappa shape index (κ2) is 10.8. The van der Waals surface area contributed by atoms with Crippen LogP contribution in [-0.4, -0.2) is 14.3 Å². The lowest BCUT2D eigenvalue weighted by Crippen LogP contribution is -2.19. The van der Waals surface area contributed by atoms with E-state index in [1.165, 1.54) is 11.8 Å². The summed E-state index contributed by atoms with van der Waals surface area (Å²) in [6.07, 6.45) is 0. The molecule has 1 amide bonds. The van der Waals surface area contributed by atoms with Crippen LogP contribution in [0.25, 0.3) is 0 Å². The summed E-state index contributed by atoms with van der Waals surface area (Å²) in [6.45, 7) is 0. The predicted octanol–water partition coefficient (Wildman–Crippen LogP) is 7.33. The SMILES string of the molecule is O=C(Nc1ccc(Cl)cc1Cl)C(Sc1ccc(NS(=O)(=O)c2cccs2)cc1)c1ccccc1. The van der Waals surface area contributed by atoms with Crippen LogP contribution >= 0.6 is 46.3 Å². The number of halogens is 2. The topological polar surface area (TPSA) is 75.3 Å². The quantitative estimate of drug-likeness (QED) is 0.226. The number of thioether (sulfide) groups is 1. The molecule has 1 aromatic heterocycles. The van der Waals surface area contributed by atoms with Crippen molar-refractivity contribution in [1.82, 2.24) is 0 Å². The summed E-state index contributed by atoms with van der Waals surface area (Å²) in [4.78, 5) is 14.0. The molecule has 34 heavy (non-hydrogen) atoms. The number of hydrogen-bond acceptors (Lipinski definition) is 5. The minimum Gasteiger partial charge on any atom is -0.323 e. The van der Waals surface area contributed by atoms with Crippen molar-refractivity contribution in [2.24, 2.45) is 0 Å². The Kier molecular flexibility index (Phi) is 7.85. The fourth-order valence-electron chi connectivity index (χ4n) is 3.05. The van der Waals surface area contributed by atoms with Gasteiger partial charge < -0.3 is 5.32 Å². The fourth-order valence-corrected chi connectivity index (χ4v) is 6.58. The number of benzene rings is 3. The van der Waals surface area contributed by atoms with Gasteiger partial charge in [0, 0.05) is 15.6 Å². The number of carbonyl (C=O) groups excluding carboxylic acids is 1. The van der Waals surface area contributed by atoms with Crippen LogP contribution in [0.15, 0.2) is 99.4 Å². The molecule has 0 aliphatic heterocycles. The summed E-state index contributed by atoms with van der Waals surface area (Å²) < 4.78 is 27.7. The monoisotopic (exact) mass is 548 g/mol. The average molecular weight is 550 g/mol. The minimum absolute atomic E-state index is 0.243. The normalized spacial score (nSPS) is 12.2. The van der Waals surface area contributed by atoms with Gasteiger partial charge in [-0.1, -0.05) is 59.6 Å². The largest absolute Gasteiger partial charge is 0.323 e. The van der Waals surface area contributed by atoms with Gasteiger partial charge >= 0.3 is 0 Å². The second-order valence-corrected chi connectivity index (χ2v) is 12.0. The van der Waals surface area contributed by atoms with Crippen molar-refractivity contribution in [3.05, 3.63) is 106 Å². The highest BCUT2D eigenvalue weighted by molar-refractivity contribution is 8.00. The van der Waals surface area contributed by atoms with Gasteiger partial charge in [0.2, 0.25) is 5.91 Å². The molecule has 3 aromatic carbocycles. The predicted molar refractivity (Wildman–Crippen MR) is 142 cm³/mol. The van der Waals surface area contributed by atoms with E-state index in [0.29, 0.717) is 21.4 Å². The third-order valence-corrected chi connectivity index (χ3v) is 9.24. The van der Waals surface area contributed by atoms with Gasteiger partial charge in [-0.3, -0.25) is 9.52 Å². The van der Waals surface area contributed by atoms with Crippen LogP contribution in [0.4, 0.5) is 11.4 Å². The van der Waals surface area contributed by atoms with E-state index in [9.17, 15) is 13.2 Å². The Hall–Kier alpha value is -2.49. The highest BCUT2D eigenvalue weighted by Gasteiger charge is 2.23. The van der Waals surface area contributed by atoms with Crippen LogP contribution in [0.1, 0.15) is 10.8 Å². The van der Waals surface area contributed by atoms with E-state index in [2.05, 4.69) is 10.0 Å². The number of thiophene rings is 1. The minimum atomic E-state index is -3.63. The Morgan fingerprint density at radius 3 is 2.29 bits per heavy atom. The lowest BCUT2D eigenvalue weighted by molar-refractivity contribution is -0.115. The molecule has 174 valence electrons. The van der Waals surface area contributed by atoms with Crippen molar-refractivity contribution in [3.8, 4) is 0 Å². The Balaban J connectivity index is 1.53. The number of anilines is 2. The molecule has 2 N–H and O–H groups in total. The van der Waals surface area contributed by atoms with Gasteiger partial charge in [-0.05, 0) is 59.5 Å². The summed E-state index contributed by atoms with van der Waals surface area (Å²) >= 11 is 14.7. The third-order valence-electron chi connectivity index (χ3n) is 4.65. The molecule has 0 saturated heterocycles. The second-order valence-electron chi connectivity index (χ2n) is 7.08. The van der Waals surface area contributed by atoms with E-state index >= 15 is 0 Å². The van der Waals surface area contributed by atoms with Gasteiger partial charge in [0.05, 0.1) is 10.7 Å².